The van der Waals surface area contributed by atoms with E-state index < -0.39 is 0 Å². The van der Waals surface area contributed by atoms with Gasteiger partial charge in [-0.1, -0.05) is 39.3 Å². The van der Waals surface area contributed by atoms with Crippen LogP contribution in [0.3, 0.4) is 0 Å². The molecular formula is C16H11BrN4O. The van der Waals surface area contributed by atoms with Crippen LogP contribution in [0.25, 0.3) is 21.9 Å². The van der Waals surface area contributed by atoms with Crippen LogP contribution in [0.5, 0.6) is 0 Å². The predicted molar refractivity (Wildman–Crippen MR) is 87.9 cm³/mol. The zero-order valence-corrected chi connectivity index (χ0v) is 13.0. The fourth-order valence-corrected chi connectivity index (χ4v) is 2.96. The largest absolute Gasteiger partial charge is 0.361 e. The molecule has 2 aromatic carbocycles. The summed E-state index contributed by atoms with van der Waals surface area (Å²) in [4.78, 5) is 15.7. The van der Waals surface area contributed by atoms with Crippen LogP contribution >= 0.6 is 15.9 Å². The molecule has 4 rings (SSSR count). The summed E-state index contributed by atoms with van der Waals surface area (Å²) in [5, 5.41) is 9.03. The second-order valence-corrected chi connectivity index (χ2v) is 5.98. The molecule has 6 heteroatoms. The summed E-state index contributed by atoms with van der Waals surface area (Å²) in [7, 11) is 0. The van der Waals surface area contributed by atoms with E-state index in [1.165, 1.54) is 4.68 Å². The molecule has 0 aliphatic carbocycles. The molecule has 4 aromatic rings. The Bertz CT molecular complexity index is 1000. The lowest BCUT2D eigenvalue weighted by molar-refractivity contribution is 0.0902. The minimum absolute atomic E-state index is 0.0995. The maximum absolute atomic E-state index is 12.5. The van der Waals surface area contributed by atoms with Crippen molar-refractivity contribution in [2.24, 2.45) is 0 Å². The van der Waals surface area contributed by atoms with Gasteiger partial charge in [-0.3, -0.25) is 4.79 Å². The first-order valence-corrected chi connectivity index (χ1v) is 7.61. The van der Waals surface area contributed by atoms with Crippen molar-refractivity contribution in [1.29, 1.82) is 0 Å². The molecule has 0 aliphatic heterocycles. The fraction of sp³-hybridized carbons (Fsp3) is 0.0625. The Labute approximate surface area is 134 Å². The van der Waals surface area contributed by atoms with Crippen molar-refractivity contribution in [3.8, 4) is 0 Å². The molecule has 0 atom stereocenters. The number of hydrogen-bond acceptors (Lipinski definition) is 3. The Hall–Kier alpha value is -2.47. The van der Waals surface area contributed by atoms with Gasteiger partial charge in [-0.25, -0.2) is 0 Å². The zero-order chi connectivity index (χ0) is 15.1. The number of nitrogens with one attached hydrogen (secondary N) is 1. The molecule has 0 spiro atoms. The summed E-state index contributed by atoms with van der Waals surface area (Å²) >= 11 is 3.44. The molecular weight excluding hydrogens is 344 g/mol. The molecule has 0 saturated heterocycles. The Morgan fingerprint density at radius 2 is 2.09 bits per heavy atom. The van der Waals surface area contributed by atoms with Gasteiger partial charge in [0.05, 0.1) is 11.9 Å². The van der Waals surface area contributed by atoms with Gasteiger partial charge in [0.1, 0.15) is 5.52 Å². The minimum atomic E-state index is -0.0995. The highest BCUT2D eigenvalue weighted by Crippen LogP contribution is 2.23. The maximum atomic E-state index is 12.5. The number of rotatable bonds is 2. The molecule has 0 bridgehead atoms. The van der Waals surface area contributed by atoms with Gasteiger partial charge in [0, 0.05) is 21.6 Å². The van der Waals surface area contributed by atoms with Crippen LogP contribution in [-0.4, -0.2) is 25.9 Å². The average molecular weight is 355 g/mol. The van der Waals surface area contributed by atoms with Crippen molar-refractivity contribution >= 4 is 43.8 Å². The summed E-state index contributed by atoms with van der Waals surface area (Å²) in [6, 6.07) is 13.4. The van der Waals surface area contributed by atoms with Crippen molar-refractivity contribution in [2.75, 3.05) is 0 Å². The summed E-state index contributed by atoms with van der Waals surface area (Å²) in [5.74, 6) is -0.0995. The lowest BCUT2D eigenvalue weighted by atomic mass is 10.1. The van der Waals surface area contributed by atoms with Crippen molar-refractivity contribution in [3.63, 3.8) is 0 Å². The third-order valence-corrected chi connectivity index (χ3v) is 4.15. The molecule has 2 heterocycles. The molecule has 0 saturated carbocycles. The minimum Gasteiger partial charge on any atom is -0.361 e. The van der Waals surface area contributed by atoms with Gasteiger partial charge in [-0.15, -0.1) is 5.10 Å². The first-order chi connectivity index (χ1) is 10.7. The highest BCUT2D eigenvalue weighted by atomic mass is 79.9. The van der Waals surface area contributed by atoms with E-state index in [9.17, 15) is 4.79 Å². The normalized spacial score (nSPS) is 11.3. The zero-order valence-electron chi connectivity index (χ0n) is 11.5. The molecule has 0 radical (unpaired) electrons. The molecule has 0 aliphatic rings. The smallest absolute Gasteiger partial charge is 0.253 e. The summed E-state index contributed by atoms with van der Waals surface area (Å²) < 4.78 is 2.37. The Morgan fingerprint density at radius 3 is 3.00 bits per heavy atom. The number of para-hydroxylation sites is 1. The Balaban J connectivity index is 1.71. The van der Waals surface area contributed by atoms with Crippen LogP contribution in [0.1, 0.15) is 10.4 Å². The summed E-state index contributed by atoms with van der Waals surface area (Å²) in [6.07, 6.45) is 2.14. The number of nitrogens with zero attached hydrogens (tertiary/aromatic N) is 3. The Morgan fingerprint density at radius 1 is 1.23 bits per heavy atom. The first kappa shape index (κ1) is 13.2. The summed E-state index contributed by atoms with van der Waals surface area (Å²) in [6.45, 7) is 0. The number of carbonyl (C=O) groups is 1. The van der Waals surface area contributed by atoms with Gasteiger partial charge >= 0.3 is 0 Å². The van der Waals surface area contributed by atoms with E-state index in [1.807, 2.05) is 48.7 Å². The van der Waals surface area contributed by atoms with Gasteiger partial charge in [0.15, 0.2) is 0 Å². The lowest BCUT2D eigenvalue weighted by Gasteiger charge is -2.01. The van der Waals surface area contributed by atoms with Crippen LogP contribution in [0.4, 0.5) is 0 Å². The highest BCUT2D eigenvalue weighted by Gasteiger charge is 2.14. The van der Waals surface area contributed by atoms with Gasteiger partial charge in [-0.2, -0.15) is 4.68 Å². The number of halogens is 1. The second kappa shape index (κ2) is 5.06. The molecule has 1 N–H and O–H groups in total. The molecule has 0 amide bonds. The third kappa shape index (κ3) is 2.12. The molecule has 5 nitrogen and oxygen atoms in total. The number of fused-ring (bicyclic) bond motifs is 2. The lowest BCUT2D eigenvalue weighted by Crippen LogP contribution is -2.14. The van der Waals surface area contributed by atoms with Crippen LogP contribution < -0.4 is 0 Å². The monoisotopic (exact) mass is 354 g/mol. The standard InChI is InChI=1S/C16H11BrN4O/c17-11-5-6-12-10(9-18-14(12)8-11)7-16(22)21-15-4-2-1-3-13(15)19-20-21/h1-6,8-9,18H,7H2. The van der Waals surface area contributed by atoms with Crippen LogP contribution in [0.2, 0.25) is 0 Å². The van der Waals surface area contributed by atoms with E-state index in [2.05, 4.69) is 31.2 Å². The second-order valence-electron chi connectivity index (χ2n) is 5.06. The SMILES string of the molecule is O=C(Cc1c[nH]c2cc(Br)ccc12)n1nnc2ccccc21. The van der Waals surface area contributed by atoms with Crippen molar-refractivity contribution < 1.29 is 4.79 Å². The van der Waals surface area contributed by atoms with Crippen LogP contribution in [-0.2, 0) is 6.42 Å². The Kier molecular flexibility index (Phi) is 3.04. The first-order valence-electron chi connectivity index (χ1n) is 6.81. The number of aromatic amines is 1. The van der Waals surface area contributed by atoms with Gasteiger partial charge in [-0.05, 0) is 29.8 Å². The average Bonchev–Trinajstić information content (AvgIpc) is 3.11. The number of H-pyrrole nitrogens is 1. The third-order valence-electron chi connectivity index (χ3n) is 3.66. The van der Waals surface area contributed by atoms with Gasteiger partial charge in [0.2, 0.25) is 0 Å². The predicted octanol–water partition coefficient (Wildman–Crippen LogP) is 3.56. The molecule has 2 aromatic heterocycles. The maximum Gasteiger partial charge on any atom is 0.253 e. The summed E-state index contributed by atoms with van der Waals surface area (Å²) in [5.41, 5.74) is 3.40. The van der Waals surface area contributed by atoms with E-state index >= 15 is 0 Å². The highest BCUT2D eigenvalue weighted by molar-refractivity contribution is 9.10. The molecule has 0 unspecified atom stereocenters. The van der Waals surface area contributed by atoms with Crippen molar-refractivity contribution in [2.45, 2.75) is 6.42 Å². The molecule has 0 fully saturated rings. The molecule has 22 heavy (non-hydrogen) atoms. The van der Waals surface area contributed by atoms with Crippen LogP contribution in [0.15, 0.2) is 53.1 Å². The fourth-order valence-electron chi connectivity index (χ4n) is 2.60. The van der Waals surface area contributed by atoms with E-state index in [-0.39, 0.29) is 12.3 Å². The topological polar surface area (TPSA) is 63.6 Å². The quantitative estimate of drug-likeness (QED) is 0.598. The number of benzene rings is 2. The van der Waals surface area contributed by atoms with Crippen molar-refractivity contribution in [3.05, 3.63) is 58.7 Å². The van der Waals surface area contributed by atoms with E-state index in [1.54, 1.807) is 0 Å². The van der Waals surface area contributed by atoms with E-state index in [4.69, 9.17) is 0 Å². The van der Waals surface area contributed by atoms with Gasteiger partial charge < -0.3 is 4.98 Å². The van der Waals surface area contributed by atoms with E-state index in [0.717, 1.165) is 32.0 Å². The van der Waals surface area contributed by atoms with Crippen molar-refractivity contribution in [1.82, 2.24) is 20.0 Å². The number of carbonyl (C=O) groups excluding carboxylic acids is 1. The number of hydrogen-bond donors (Lipinski definition) is 1. The van der Waals surface area contributed by atoms with Gasteiger partial charge in [0.25, 0.3) is 5.91 Å². The number of aromatic nitrogens is 4. The van der Waals surface area contributed by atoms with E-state index in [0.29, 0.717) is 0 Å². The molecule has 108 valence electrons. The van der Waals surface area contributed by atoms with Crippen LogP contribution in [0, 0.1) is 0 Å².